The Bertz CT molecular complexity index is 1100. The first kappa shape index (κ1) is 21.4. The second-order valence-corrected chi connectivity index (χ2v) is 6.43. The minimum absolute atomic E-state index is 0.303. The first-order chi connectivity index (χ1) is 15.1. The molecule has 31 heavy (non-hydrogen) atoms. The van der Waals surface area contributed by atoms with Gasteiger partial charge in [-0.2, -0.15) is 10.4 Å². The number of amides is 1. The molecule has 1 N–H and O–H groups in total. The van der Waals surface area contributed by atoms with Crippen LogP contribution in [0.4, 0.5) is 0 Å². The van der Waals surface area contributed by atoms with Gasteiger partial charge < -0.3 is 14.2 Å². The molecule has 0 atom stereocenters. The van der Waals surface area contributed by atoms with Crippen molar-refractivity contribution < 1.29 is 19.0 Å². The number of hydrogen-bond donors (Lipinski definition) is 1. The number of hydrazone groups is 1. The lowest BCUT2D eigenvalue weighted by atomic mass is 10.1. The molecule has 0 fully saturated rings. The molecule has 0 aromatic heterocycles. The van der Waals surface area contributed by atoms with Crippen LogP contribution in [-0.4, -0.2) is 26.3 Å². The number of carbonyl (C=O) groups excluding carboxylic acids is 1. The number of benzene rings is 3. The van der Waals surface area contributed by atoms with E-state index in [1.54, 1.807) is 36.4 Å². The summed E-state index contributed by atoms with van der Waals surface area (Å²) in [5.41, 5.74) is 5.06. The molecule has 0 aliphatic heterocycles. The minimum atomic E-state index is -0.385. The number of rotatable bonds is 8. The van der Waals surface area contributed by atoms with Crippen molar-refractivity contribution in [3.63, 3.8) is 0 Å². The smallest absolute Gasteiger partial charge is 0.271 e. The highest BCUT2D eigenvalue weighted by Gasteiger charge is 2.09. The Labute approximate surface area is 180 Å². The van der Waals surface area contributed by atoms with Gasteiger partial charge in [0.1, 0.15) is 23.9 Å². The second kappa shape index (κ2) is 10.5. The van der Waals surface area contributed by atoms with Crippen molar-refractivity contribution in [3.8, 4) is 23.3 Å². The summed E-state index contributed by atoms with van der Waals surface area (Å²) < 4.78 is 16.1. The van der Waals surface area contributed by atoms with E-state index in [0.717, 1.165) is 11.1 Å². The molecule has 1 amide bonds. The average molecular weight is 415 g/mol. The molecule has 3 aromatic carbocycles. The highest BCUT2D eigenvalue weighted by Crippen LogP contribution is 2.22. The van der Waals surface area contributed by atoms with Crippen molar-refractivity contribution in [2.75, 3.05) is 14.2 Å². The van der Waals surface area contributed by atoms with Gasteiger partial charge in [-0.05, 0) is 48.0 Å². The molecule has 0 saturated carbocycles. The van der Waals surface area contributed by atoms with Crippen molar-refractivity contribution in [3.05, 3.63) is 89.0 Å². The van der Waals surface area contributed by atoms with Crippen LogP contribution in [0.15, 0.2) is 71.8 Å². The van der Waals surface area contributed by atoms with Crippen LogP contribution in [0.25, 0.3) is 0 Å². The molecular weight excluding hydrogens is 394 g/mol. The van der Waals surface area contributed by atoms with E-state index in [1.807, 2.05) is 30.3 Å². The van der Waals surface area contributed by atoms with E-state index >= 15 is 0 Å². The first-order valence-electron chi connectivity index (χ1n) is 9.40. The number of nitrogens with one attached hydrogen (secondary N) is 1. The standard InChI is InChI=1S/C24H21N3O4/c1-29-22-11-20(12-23(13-22)30-2)24(28)27-26-15-17-7-9-21(10-8-17)31-16-19-6-4-3-5-18(19)14-25/h3-13,15H,16H2,1-2H3,(H,27,28). The van der Waals surface area contributed by atoms with E-state index in [9.17, 15) is 4.79 Å². The molecule has 0 heterocycles. The van der Waals surface area contributed by atoms with Gasteiger partial charge in [0, 0.05) is 17.2 Å². The van der Waals surface area contributed by atoms with Gasteiger partial charge in [0.05, 0.1) is 32.1 Å². The Morgan fingerprint density at radius 2 is 1.68 bits per heavy atom. The Kier molecular flexibility index (Phi) is 7.22. The monoisotopic (exact) mass is 415 g/mol. The van der Waals surface area contributed by atoms with Crippen molar-refractivity contribution >= 4 is 12.1 Å². The van der Waals surface area contributed by atoms with E-state index in [0.29, 0.717) is 35.0 Å². The molecule has 7 heteroatoms. The summed E-state index contributed by atoms with van der Waals surface area (Å²) in [4.78, 5) is 12.3. The second-order valence-electron chi connectivity index (χ2n) is 6.43. The molecule has 0 radical (unpaired) electrons. The zero-order chi connectivity index (χ0) is 22.1. The Morgan fingerprint density at radius 3 is 2.32 bits per heavy atom. The molecule has 0 bridgehead atoms. The average Bonchev–Trinajstić information content (AvgIpc) is 2.83. The number of carbonyl (C=O) groups is 1. The molecule has 0 aliphatic rings. The Hall–Kier alpha value is -4.31. The molecule has 3 rings (SSSR count). The topological polar surface area (TPSA) is 92.9 Å². The minimum Gasteiger partial charge on any atom is -0.497 e. The maximum atomic E-state index is 12.3. The van der Waals surface area contributed by atoms with Gasteiger partial charge in [-0.1, -0.05) is 18.2 Å². The van der Waals surface area contributed by atoms with E-state index in [2.05, 4.69) is 16.6 Å². The van der Waals surface area contributed by atoms with Gasteiger partial charge in [0.15, 0.2) is 0 Å². The van der Waals surface area contributed by atoms with E-state index < -0.39 is 0 Å². The summed E-state index contributed by atoms with van der Waals surface area (Å²) in [6, 6.07) is 21.6. The van der Waals surface area contributed by atoms with Crippen molar-refractivity contribution in [1.82, 2.24) is 5.43 Å². The van der Waals surface area contributed by atoms with Crippen LogP contribution in [0.2, 0.25) is 0 Å². The third kappa shape index (κ3) is 5.84. The maximum Gasteiger partial charge on any atom is 0.271 e. The fourth-order valence-electron chi connectivity index (χ4n) is 2.73. The fourth-order valence-corrected chi connectivity index (χ4v) is 2.73. The van der Waals surface area contributed by atoms with E-state index in [-0.39, 0.29) is 5.91 Å². The number of methoxy groups -OCH3 is 2. The molecule has 7 nitrogen and oxygen atoms in total. The van der Waals surface area contributed by atoms with Crippen LogP contribution in [0.5, 0.6) is 17.2 Å². The lowest BCUT2D eigenvalue weighted by Gasteiger charge is -2.08. The predicted octanol–water partition coefficient (Wildman–Crippen LogP) is 3.92. The third-order valence-electron chi connectivity index (χ3n) is 4.41. The van der Waals surface area contributed by atoms with Gasteiger partial charge in [0.2, 0.25) is 0 Å². The van der Waals surface area contributed by atoms with Crippen molar-refractivity contribution in [1.29, 1.82) is 5.26 Å². The van der Waals surface area contributed by atoms with Gasteiger partial charge in [-0.3, -0.25) is 4.79 Å². The van der Waals surface area contributed by atoms with Crippen LogP contribution >= 0.6 is 0 Å². The molecule has 0 saturated heterocycles. The zero-order valence-corrected chi connectivity index (χ0v) is 17.2. The van der Waals surface area contributed by atoms with Crippen LogP contribution in [-0.2, 0) is 6.61 Å². The highest BCUT2D eigenvalue weighted by molar-refractivity contribution is 5.95. The maximum absolute atomic E-state index is 12.3. The van der Waals surface area contributed by atoms with E-state index in [4.69, 9.17) is 19.5 Å². The lowest BCUT2D eigenvalue weighted by Crippen LogP contribution is -2.17. The summed E-state index contributed by atoms with van der Waals surface area (Å²) in [6.45, 7) is 0.303. The summed E-state index contributed by atoms with van der Waals surface area (Å²) in [5.74, 6) is 1.31. The number of hydrogen-bond acceptors (Lipinski definition) is 6. The lowest BCUT2D eigenvalue weighted by molar-refractivity contribution is 0.0954. The van der Waals surface area contributed by atoms with Crippen molar-refractivity contribution in [2.24, 2.45) is 5.10 Å². The predicted molar refractivity (Wildman–Crippen MR) is 117 cm³/mol. The quantitative estimate of drug-likeness (QED) is 0.445. The largest absolute Gasteiger partial charge is 0.497 e. The fraction of sp³-hybridized carbons (Fsp3) is 0.125. The summed E-state index contributed by atoms with van der Waals surface area (Å²) in [7, 11) is 3.04. The zero-order valence-electron chi connectivity index (χ0n) is 17.2. The van der Waals surface area contributed by atoms with Crippen LogP contribution in [0, 0.1) is 11.3 Å². The number of ether oxygens (including phenoxy) is 3. The van der Waals surface area contributed by atoms with Gasteiger partial charge in [0.25, 0.3) is 5.91 Å². The molecule has 156 valence electrons. The molecule has 0 unspecified atom stereocenters. The summed E-state index contributed by atoms with van der Waals surface area (Å²) in [6.07, 6.45) is 1.53. The van der Waals surface area contributed by atoms with Gasteiger partial charge in [-0.15, -0.1) is 0 Å². The van der Waals surface area contributed by atoms with Crippen molar-refractivity contribution in [2.45, 2.75) is 6.61 Å². The Morgan fingerprint density at radius 1 is 1.00 bits per heavy atom. The van der Waals surface area contributed by atoms with Crippen LogP contribution in [0.3, 0.4) is 0 Å². The van der Waals surface area contributed by atoms with Crippen LogP contribution in [0.1, 0.15) is 27.0 Å². The SMILES string of the molecule is COc1cc(OC)cc(C(=O)NN=Cc2ccc(OCc3ccccc3C#N)cc2)c1. The number of nitrogens with zero attached hydrogens (tertiary/aromatic N) is 2. The Balaban J connectivity index is 1.57. The highest BCUT2D eigenvalue weighted by atomic mass is 16.5. The van der Waals surface area contributed by atoms with E-state index in [1.165, 1.54) is 20.4 Å². The normalized spacial score (nSPS) is 10.4. The first-order valence-corrected chi connectivity index (χ1v) is 9.40. The molecule has 0 aliphatic carbocycles. The molecule has 3 aromatic rings. The molecular formula is C24H21N3O4. The summed E-state index contributed by atoms with van der Waals surface area (Å²) in [5, 5.41) is 13.1. The molecule has 0 spiro atoms. The summed E-state index contributed by atoms with van der Waals surface area (Å²) >= 11 is 0. The van der Waals surface area contributed by atoms with Gasteiger partial charge >= 0.3 is 0 Å². The van der Waals surface area contributed by atoms with Crippen LogP contribution < -0.4 is 19.6 Å². The van der Waals surface area contributed by atoms with Gasteiger partial charge in [-0.25, -0.2) is 5.43 Å². The number of nitriles is 1. The third-order valence-corrected chi connectivity index (χ3v) is 4.41.